The van der Waals surface area contributed by atoms with Crippen molar-refractivity contribution in [1.29, 1.82) is 0 Å². The zero-order valence-electron chi connectivity index (χ0n) is 19.6. The molecular weight excluding hydrogens is 518 g/mol. The maximum atomic E-state index is 13.5. The van der Waals surface area contributed by atoms with Crippen LogP contribution in [0.15, 0.2) is 76.1 Å². The van der Waals surface area contributed by atoms with Gasteiger partial charge in [0.2, 0.25) is 0 Å². The van der Waals surface area contributed by atoms with E-state index in [4.69, 9.17) is 9.47 Å². The number of nitrogens with zero attached hydrogens (tertiary/aromatic N) is 1. The standard InChI is InChI=1S/C26H28BrNO5S/c1-5-32-22-11-9-21(10-12-22)28(34(30,31)23-13-6-19(4)7-14-23)26(29)17-33-25-15-8-20(27)16-24(25)18(2)3/h6-16,18H,5,17H2,1-4H3. The molecule has 0 spiro atoms. The molecule has 0 atom stereocenters. The van der Waals surface area contributed by atoms with E-state index < -0.39 is 22.5 Å². The lowest BCUT2D eigenvalue weighted by Crippen LogP contribution is -2.40. The summed E-state index contributed by atoms with van der Waals surface area (Å²) in [4.78, 5) is 13.4. The Balaban J connectivity index is 1.96. The van der Waals surface area contributed by atoms with Crippen molar-refractivity contribution in [2.24, 2.45) is 0 Å². The lowest BCUT2D eigenvalue weighted by Gasteiger charge is -2.23. The molecule has 0 fully saturated rings. The fraction of sp³-hybridized carbons (Fsp3) is 0.269. The van der Waals surface area contributed by atoms with Crippen molar-refractivity contribution in [2.45, 2.75) is 38.5 Å². The average molecular weight is 546 g/mol. The fourth-order valence-corrected chi connectivity index (χ4v) is 5.17. The number of hydrogen-bond acceptors (Lipinski definition) is 5. The molecule has 1 amide bonds. The Kier molecular flexibility index (Phi) is 8.38. The summed E-state index contributed by atoms with van der Waals surface area (Å²) < 4.78 is 40.1. The number of hydrogen-bond donors (Lipinski definition) is 0. The van der Waals surface area contributed by atoms with E-state index in [1.165, 1.54) is 12.1 Å². The van der Waals surface area contributed by atoms with E-state index in [0.717, 1.165) is 19.9 Å². The zero-order chi connectivity index (χ0) is 24.9. The van der Waals surface area contributed by atoms with Gasteiger partial charge in [0.05, 0.1) is 17.2 Å². The van der Waals surface area contributed by atoms with Crippen LogP contribution in [0.2, 0.25) is 0 Å². The predicted molar refractivity (Wildman–Crippen MR) is 137 cm³/mol. The van der Waals surface area contributed by atoms with Crippen LogP contribution < -0.4 is 13.8 Å². The van der Waals surface area contributed by atoms with Gasteiger partial charge in [0.15, 0.2) is 6.61 Å². The molecule has 0 N–H and O–H groups in total. The Morgan fingerprint density at radius 3 is 2.21 bits per heavy atom. The first kappa shape index (κ1) is 25.8. The number of rotatable bonds is 9. The Hall–Kier alpha value is -2.84. The molecule has 0 radical (unpaired) electrons. The highest BCUT2D eigenvalue weighted by Crippen LogP contribution is 2.31. The largest absolute Gasteiger partial charge is 0.494 e. The molecule has 8 heteroatoms. The van der Waals surface area contributed by atoms with Crippen LogP contribution in [0.3, 0.4) is 0 Å². The van der Waals surface area contributed by atoms with Crippen molar-refractivity contribution in [3.05, 3.63) is 82.3 Å². The average Bonchev–Trinajstić information content (AvgIpc) is 2.79. The molecule has 3 aromatic rings. The highest BCUT2D eigenvalue weighted by atomic mass is 79.9. The second kappa shape index (κ2) is 11.1. The van der Waals surface area contributed by atoms with Crippen LogP contribution >= 0.6 is 15.9 Å². The Bertz CT molecular complexity index is 1240. The predicted octanol–water partition coefficient (Wildman–Crippen LogP) is 6.08. The summed E-state index contributed by atoms with van der Waals surface area (Å²) in [5.74, 6) is 0.563. The van der Waals surface area contributed by atoms with Crippen LogP contribution in [0.4, 0.5) is 5.69 Å². The summed E-state index contributed by atoms with van der Waals surface area (Å²) in [5, 5.41) is 0. The molecule has 0 unspecified atom stereocenters. The molecule has 0 aliphatic heterocycles. The minimum atomic E-state index is -4.18. The summed E-state index contributed by atoms with van der Waals surface area (Å²) in [6.45, 7) is 7.79. The summed E-state index contributed by atoms with van der Waals surface area (Å²) in [6.07, 6.45) is 0. The zero-order valence-corrected chi connectivity index (χ0v) is 22.0. The van der Waals surface area contributed by atoms with Crippen LogP contribution in [0.5, 0.6) is 11.5 Å². The van der Waals surface area contributed by atoms with Crippen LogP contribution in [-0.4, -0.2) is 27.5 Å². The highest BCUT2D eigenvalue weighted by molar-refractivity contribution is 9.10. The number of amides is 1. The second-order valence-electron chi connectivity index (χ2n) is 8.03. The second-order valence-corrected chi connectivity index (χ2v) is 10.7. The number of halogens is 1. The van der Waals surface area contributed by atoms with Gasteiger partial charge < -0.3 is 9.47 Å². The quantitative estimate of drug-likeness (QED) is 0.325. The van der Waals surface area contributed by atoms with Gasteiger partial charge in [-0.3, -0.25) is 4.79 Å². The van der Waals surface area contributed by atoms with Gasteiger partial charge in [-0.15, -0.1) is 0 Å². The minimum Gasteiger partial charge on any atom is -0.494 e. The van der Waals surface area contributed by atoms with Crippen molar-refractivity contribution >= 4 is 37.5 Å². The maximum absolute atomic E-state index is 13.5. The van der Waals surface area contributed by atoms with E-state index in [9.17, 15) is 13.2 Å². The summed E-state index contributed by atoms with van der Waals surface area (Å²) in [7, 11) is -4.18. The van der Waals surface area contributed by atoms with E-state index >= 15 is 0 Å². The van der Waals surface area contributed by atoms with Crippen molar-refractivity contribution in [3.63, 3.8) is 0 Å². The van der Waals surface area contributed by atoms with E-state index in [2.05, 4.69) is 15.9 Å². The van der Waals surface area contributed by atoms with Crippen LogP contribution in [0, 0.1) is 6.92 Å². The van der Waals surface area contributed by atoms with Gasteiger partial charge in [0, 0.05) is 4.47 Å². The number of ether oxygens (including phenoxy) is 2. The highest BCUT2D eigenvalue weighted by Gasteiger charge is 2.31. The van der Waals surface area contributed by atoms with Crippen molar-refractivity contribution in [3.8, 4) is 11.5 Å². The number of aryl methyl sites for hydroxylation is 1. The van der Waals surface area contributed by atoms with Gasteiger partial charge in [0.25, 0.3) is 15.9 Å². The summed E-state index contributed by atoms with van der Waals surface area (Å²) in [5.41, 5.74) is 2.03. The Morgan fingerprint density at radius 1 is 0.971 bits per heavy atom. The van der Waals surface area contributed by atoms with E-state index in [1.807, 2.05) is 39.8 Å². The molecule has 3 rings (SSSR count). The number of carbonyl (C=O) groups excluding carboxylic acids is 1. The molecule has 0 aliphatic carbocycles. The molecule has 0 saturated carbocycles. The lowest BCUT2D eigenvalue weighted by atomic mass is 10.0. The number of benzene rings is 3. The Morgan fingerprint density at radius 2 is 1.62 bits per heavy atom. The molecular formula is C26H28BrNO5S. The first-order valence-corrected chi connectivity index (χ1v) is 13.2. The topological polar surface area (TPSA) is 72.9 Å². The monoisotopic (exact) mass is 545 g/mol. The number of anilines is 1. The van der Waals surface area contributed by atoms with Crippen LogP contribution in [0.1, 0.15) is 37.8 Å². The lowest BCUT2D eigenvalue weighted by molar-refractivity contribution is -0.119. The molecule has 0 heterocycles. The van der Waals surface area contributed by atoms with E-state index in [1.54, 1.807) is 42.5 Å². The first-order valence-electron chi connectivity index (χ1n) is 10.9. The molecule has 6 nitrogen and oxygen atoms in total. The molecule has 0 aromatic heterocycles. The summed E-state index contributed by atoms with van der Waals surface area (Å²) in [6, 6.07) is 18.3. The first-order chi connectivity index (χ1) is 16.1. The smallest absolute Gasteiger partial charge is 0.278 e. The van der Waals surface area contributed by atoms with Crippen LogP contribution in [-0.2, 0) is 14.8 Å². The van der Waals surface area contributed by atoms with Crippen molar-refractivity contribution in [1.82, 2.24) is 0 Å². The third kappa shape index (κ3) is 5.98. The fourth-order valence-electron chi connectivity index (χ4n) is 3.38. The molecule has 0 bridgehead atoms. The summed E-state index contributed by atoms with van der Waals surface area (Å²) >= 11 is 3.45. The van der Waals surface area contributed by atoms with E-state index in [0.29, 0.717) is 18.1 Å². The van der Waals surface area contributed by atoms with Gasteiger partial charge in [-0.25, -0.2) is 8.42 Å². The third-order valence-corrected chi connectivity index (χ3v) is 7.37. The van der Waals surface area contributed by atoms with E-state index in [-0.39, 0.29) is 16.5 Å². The number of carbonyl (C=O) groups is 1. The van der Waals surface area contributed by atoms with Crippen molar-refractivity contribution in [2.75, 3.05) is 17.5 Å². The third-order valence-electron chi connectivity index (χ3n) is 5.11. The van der Waals surface area contributed by atoms with Crippen molar-refractivity contribution < 1.29 is 22.7 Å². The molecule has 0 aliphatic rings. The van der Waals surface area contributed by atoms with Gasteiger partial charge in [-0.2, -0.15) is 4.31 Å². The molecule has 180 valence electrons. The molecule has 34 heavy (non-hydrogen) atoms. The minimum absolute atomic E-state index is 0.0202. The molecule has 3 aromatic carbocycles. The molecule has 0 saturated heterocycles. The van der Waals surface area contributed by atoms with Gasteiger partial charge in [-0.1, -0.05) is 47.5 Å². The van der Waals surface area contributed by atoms with Gasteiger partial charge >= 0.3 is 0 Å². The van der Waals surface area contributed by atoms with Gasteiger partial charge in [0.1, 0.15) is 11.5 Å². The van der Waals surface area contributed by atoms with Gasteiger partial charge in [-0.05, 0) is 79.9 Å². The number of sulfonamides is 1. The van der Waals surface area contributed by atoms with Crippen LogP contribution in [0.25, 0.3) is 0 Å². The SMILES string of the molecule is CCOc1ccc(N(C(=O)COc2ccc(Br)cc2C(C)C)S(=O)(=O)c2ccc(C)cc2)cc1. The Labute approximate surface area is 209 Å². The normalized spacial score (nSPS) is 11.4. The maximum Gasteiger partial charge on any atom is 0.278 e.